The van der Waals surface area contributed by atoms with Crippen LogP contribution >= 0.6 is 0 Å². The quantitative estimate of drug-likeness (QED) is 0.271. The van der Waals surface area contributed by atoms with Crippen molar-refractivity contribution in [3.63, 3.8) is 0 Å². The minimum absolute atomic E-state index is 0.00493. The number of aromatic carboxylic acids is 1. The van der Waals surface area contributed by atoms with Gasteiger partial charge in [0.15, 0.2) is 0 Å². The molecule has 2 aromatic carbocycles. The average Bonchev–Trinajstić information content (AvgIpc) is 3.43. The van der Waals surface area contributed by atoms with Crippen molar-refractivity contribution in [3.8, 4) is 11.5 Å². The van der Waals surface area contributed by atoms with Crippen LogP contribution in [0, 0.1) is 25.5 Å². The third-order valence-corrected chi connectivity index (χ3v) is 6.99. The van der Waals surface area contributed by atoms with E-state index in [1.807, 2.05) is 38.1 Å². The maximum Gasteiger partial charge on any atom is 0.352 e. The third kappa shape index (κ3) is 5.63. The van der Waals surface area contributed by atoms with Crippen molar-refractivity contribution in [3.05, 3.63) is 76.8 Å². The van der Waals surface area contributed by atoms with Crippen LogP contribution in [0.5, 0.6) is 0 Å². The summed E-state index contributed by atoms with van der Waals surface area (Å²) in [5, 5.41) is 9.76. The van der Waals surface area contributed by atoms with E-state index in [1.54, 1.807) is 0 Å². The molecular weight excluding hydrogens is 494 g/mol. The van der Waals surface area contributed by atoms with Crippen LogP contribution in [0.2, 0.25) is 0 Å². The highest BCUT2D eigenvalue weighted by Gasteiger charge is 2.25. The number of nitrogens with zero attached hydrogens (tertiary/aromatic N) is 2. The van der Waals surface area contributed by atoms with Crippen molar-refractivity contribution in [1.29, 1.82) is 0 Å². The Hall–Kier alpha value is -3.56. The fourth-order valence-corrected chi connectivity index (χ4v) is 5.11. The molecule has 0 aliphatic heterocycles. The van der Waals surface area contributed by atoms with Crippen LogP contribution < -0.4 is 0 Å². The molecule has 2 aromatic heterocycles. The number of hydrogen-bond donors (Lipinski definition) is 1. The second kappa shape index (κ2) is 11.0. The van der Waals surface area contributed by atoms with Crippen LogP contribution in [-0.2, 0) is 22.6 Å². The van der Waals surface area contributed by atoms with E-state index in [-0.39, 0.29) is 42.0 Å². The number of rotatable bonds is 9. The van der Waals surface area contributed by atoms with Gasteiger partial charge in [0.25, 0.3) is 0 Å². The zero-order valence-electron chi connectivity index (χ0n) is 21.4. The number of halogens is 2. The molecule has 0 spiro atoms. The van der Waals surface area contributed by atoms with Crippen molar-refractivity contribution in [1.82, 2.24) is 9.55 Å². The molecule has 9 heteroatoms. The predicted molar refractivity (Wildman–Crippen MR) is 137 cm³/mol. The summed E-state index contributed by atoms with van der Waals surface area (Å²) in [4.78, 5) is 16.3. The van der Waals surface area contributed by atoms with Crippen molar-refractivity contribution in [2.75, 3.05) is 6.61 Å². The number of fused-ring (bicyclic) bond motifs is 1. The summed E-state index contributed by atoms with van der Waals surface area (Å²) in [6.07, 6.45) is 3.32. The zero-order valence-corrected chi connectivity index (χ0v) is 21.4. The Morgan fingerprint density at radius 1 is 1.13 bits per heavy atom. The van der Waals surface area contributed by atoms with Gasteiger partial charge in [0.05, 0.1) is 30.9 Å². The summed E-state index contributed by atoms with van der Waals surface area (Å²) in [7, 11) is 0. The Labute approximate surface area is 219 Å². The maximum absolute atomic E-state index is 14.5. The number of aryl methyl sites for hydroxylation is 2. The van der Waals surface area contributed by atoms with Crippen LogP contribution in [0.1, 0.15) is 53.2 Å². The number of oxazole rings is 1. The van der Waals surface area contributed by atoms with Gasteiger partial charge in [0, 0.05) is 23.6 Å². The van der Waals surface area contributed by atoms with Crippen molar-refractivity contribution in [2.45, 2.75) is 64.9 Å². The molecule has 0 saturated heterocycles. The highest BCUT2D eigenvalue weighted by molar-refractivity contribution is 5.94. The van der Waals surface area contributed by atoms with Crippen LogP contribution in [0.15, 0.2) is 46.9 Å². The first-order valence-corrected chi connectivity index (χ1v) is 12.8. The number of hydrogen-bond acceptors (Lipinski definition) is 5. The van der Waals surface area contributed by atoms with E-state index < -0.39 is 17.6 Å². The summed E-state index contributed by atoms with van der Waals surface area (Å²) in [6, 6.07) is 11.2. The van der Waals surface area contributed by atoms with Gasteiger partial charge >= 0.3 is 5.97 Å². The SMILES string of the molecule is Cc1cccc(-c2nc(CO[C@H]3CCC[C@@H](OCCn4c(C(=O)O)cc5cc(F)cc(F)c54)C3)c(C)o2)c1. The summed E-state index contributed by atoms with van der Waals surface area (Å²) >= 11 is 0. The molecule has 5 rings (SSSR count). The zero-order chi connectivity index (χ0) is 26.8. The van der Waals surface area contributed by atoms with Gasteiger partial charge in [-0.25, -0.2) is 18.6 Å². The molecule has 38 heavy (non-hydrogen) atoms. The Balaban J connectivity index is 1.17. The monoisotopic (exact) mass is 524 g/mol. The Bertz CT molecular complexity index is 1460. The van der Waals surface area contributed by atoms with E-state index in [9.17, 15) is 18.7 Å². The number of benzene rings is 2. The average molecular weight is 525 g/mol. The van der Waals surface area contributed by atoms with Gasteiger partial charge in [-0.05, 0) is 63.8 Å². The molecule has 0 radical (unpaired) electrons. The van der Waals surface area contributed by atoms with E-state index in [4.69, 9.17) is 13.9 Å². The molecule has 0 bridgehead atoms. The van der Waals surface area contributed by atoms with Gasteiger partial charge in [-0.3, -0.25) is 0 Å². The normalized spacial score (nSPS) is 17.8. The van der Waals surface area contributed by atoms with Crippen LogP contribution in [0.4, 0.5) is 8.78 Å². The molecule has 1 fully saturated rings. The summed E-state index contributed by atoms with van der Waals surface area (Å²) in [5.41, 5.74) is 2.78. The molecule has 1 aliphatic rings. The Kier molecular flexibility index (Phi) is 7.58. The maximum atomic E-state index is 14.5. The number of carboxylic acid groups (broad SMARTS) is 1. The minimum Gasteiger partial charge on any atom is -0.477 e. The summed E-state index contributed by atoms with van der Waals surface area (Å²) in [6.45, 7) is 4.57. The van der Waals surface area contributed by atoms with Gasteiger partial charge in [-0.15, -0.1) is 0 Å². The number of carbonyl (C=O) groups is 1. The highest BCUT2D eigenvalue weighted by Crippen LogP contribution is 2.28. The first-order valence-electron chi connectivity index (χ1n) is 12.8. The van der Waals surface area contributed by atoms with E-state index in [0.29, 0.717) is 18.9 Å². The number of ether oxygens (including phenoxy) is 2. The Morgan fingerprint density at radius 3 is 2.68 bits per heavy atom. The molecule has 1 aliphatic carbocycles. The van der Waals surface area contributed by atoms with Gasteiger partial charge in [0.2, 0.25) is 5.89 Å². The topological polar surface area (TPSA) is 86.7 Å². The molecule has 200 valence electrons. The van der Waals surface area contributed by atoms with Crippen LogP contribution in [-0.4, -0.2) is 39.4 Å². The van der Waals surface area contributed by atoms with Gasteiger partial charge in [-0.1, -0.05) is 17.7 Å². The van der Waals surface area contributed by atoms with Crippen molar-refractivity contribution < 1.29 is 32.6 Å². The van der Waals surface area contributed by atoms with Crippen LogP contribution in [0.25, 0.3) is 22.4 Å². The molecule has 7 nitrogen and oxygen atoms in total. The van der Waals surface area contributed by atoms with Gasteiger partial charge < -0.3 is 23.6 Å². The number of carboxylic acids is 1. The van der Waals surface area contributed by atoms with Crippen molar-refractivity contribution >= 4 is 16.9 Å². The predicted octanol–water partition coefficient (Wildman–Crippen LogP) is 6.43. The molecule has 1 saturated carbocycles. The van der Waals surface area contributed by atoms with Crippen LogP contribution in [0.3, 0.4) is 0 Å². The molecule has 0 unspecified atom stereocenters. The van der Waals surface area contributed by atoms with E-state index in [1.165, 1.54) is 10.6 Å². The van der Waals surface area contributed by atoms with E-state index in [2.05, 4.69) is 4.98 Å². The lowest BCUT2D eigenvalue weighted by molar-refractivity contribution is -0.0523. The lowest BCUT2D eigenvalue weighted by Gasteiger charge is -2.29. The first-order chi connectivity index (χ1) is 18.3. The summed E-state index contributed by atoms with van der Waals surface area (Å²) in [5.74, 6) is -1.45. The van der Waals surface area contributed by atoms with Crippen molar-refractivity contribution in [2.24, 2.45) is 0 Å². The molecule has 2 heterocycles. The molecule has 1 N–H and O–H groups in total. The second-order valence-corrected chi connectivity index (χ2v) is 9.80. The fourth-order valence-electron chi connectivity index (χ4n) is 5.11. The molecule has 2 atom stereocenters. The Morgan fingerprint density at radius 2 is 1.92 bits per heavy atom. The summed E-state index contributed by atoms with van der Waals surface area (Å²) < 4.78 is 47.5. The van der Waals surface area contributed by atoms with E-state index >= 15 is 0 Å². The lowest BCUT2D eigenvalue weighted by Crippen LogP contribution is -2.29. The standard InChI is InChI=1S/C29H30F2N2O5/c1-17-5-3-6-19(11-17)28-32-25(18(2)38-28)16-37-23-8-4-7-22(15-23)36-10-9-33-26(29(34)35)13-20-12-21(30)14-24(31)27(20)33/h3,5-6,11-14,22-23H,4,7-10,15-16H2,1-2H3,(H,34,35)/t22-,23+/m1/s1. The lowest BCUT2D eigenvalue weighted by atomic mass is 9.95. The fraction of sp³-hybridized carbons (Fsp3) is 0.379. The van der Waals surface area contributed by atoms with Gasteiger partial charge in [0.1, 0.15) is 28.8 Å². The molecule has 4 aromatic rings. The highest BCUT2D eigenvalue weighted by atomic mass is 19.1. The molecule has 0 amide bonds. The van der Waals surface area contributed by atoms with Gasteiger partial charge in [-0.2, -0.15) is 0 Å². The second-order valence-electron chi connectivity index (χ2n) is 9.80. The number of aromatic nitrogens is 2. The first kappa shape index (κ1) is 26.1. The van der Waals surface area contributed by atoms with E-state index in [0.717, 1.165) is 54.0 Å². The minimum atomic E-state index is -1.21. The smallest absolute Gasteiger partial charge is 0.352 e. The third-order valence-electron chi connectivity index (χ3n) is 6.99. The largest absolute Gasteiger partial charge is 0.477 e. The molecular formula is C29H30F2N2O5.